The molecule has 0 aliphatic heterocycles. The van der Waals surface area contributed by atoms with Crippen molar-refractivity contribution in [3.8, 4) is 0 Å². The Morgan fingerprint density at radius 1 is 1.40 bits per heavy atom. The first-order valence-corrected chi connectivity index (χ1v) is 7.11. The second-order valence-corrected chi connectivity index (χ2v) is 5.48. The van der Waals surface area contributed by atoms with Crippen LogP contribution in [0.15, 0.2) is 17.0 Å². The largest absolute Gasteiger partial charge is 0.385 e. The van der Waals surface area contributed by atoms with Crippen LogP contribution in [0.25, 0.3) is 0 Å². The minimum Gasteiger partial charge on any atom is -0.385 e. The summed E-state index contributed by atoms with van der Waals surface area (Å²) in [6, 6.07) is 1.12. The van der Waals surface area contributed by atoms with Gasteiger partial charge in [0.15, 0.2) is 11.6 Å². The molecule has 112 valence electrons. The number of amides is 1. The third kappa shape index (κ3) is 4.22. The summed E-state index contributed by atoms with van der Waals surface area (Å²) in [7, 11) is -2.76. The van der Waals surface area contributed by atoms with Crippen LogP contribution in [0.2, 0.25) is 0 Å². The average molecular weight is 308 g/mol. The van der Waals surface area contributed by atoms with Crippen LogP contribution in [-0.2, 0) is 14.8 Å². The summed E-state index contributed by atoms with van der Waals surface area (Å²) in [6.45, 7) is 0.557. The fraction of sp³-hybridized carbons (Fsp3) is 0.364. The molecule has 0 radical (unpaired) electrons. The number of hydrogen-bond acceptors (Lipinski definition) is 4. The molecule has 0 bridgehead atoms. The van der Waals surface area contributed by atoms with Crippen molar-refractivity contribution in [1.82, 2.24) is 5.32 Å². The predicted molar refractivity (Wildman–Crippen MR) is 66.6 cm³/mol. The predicted octanol–water partition coefficient (Wildman–Crippen LogP) is 0.379. The first-order chi connectivity index (χ1) is 9.27. The number of carbonyl (C=O) groups is 1. The molecular formula is C11H14F2N2O4S. The molecule has 1 aromatic carbocycles. The van der Waals surface area contributed by atoms with Gasteiger partial charge in [-0.25, -0.2) is 22.3 Å². The summed E-state index contributed by atoms with van der Waals surface area (Å²) in [4.78, 5) is 11.0. The van der Waals surface area contributed by atoms with Crippen LogP contribution in [0, 0.1) is 11.6 Å². The smallest absolute Gasteiger partial charge is 0.254 e. The molecule has 0 saturated heterocycles. The summed E-state index contributed by atoms with van der Waals surface area (Å²) >= 11 is 0. The Morgan fingerprint density at radius 2 is 2.05 bits per heavy atom. The van der Waals surface area contributed by atoms with E-state index in [4.69, 9.17) is 9.88 Å². The van der Waals surface area contributed by atoms with E-state index in [1.165, 1.54) is 7.11 Å². The number of halogens is 2. The molecule has 0 aliphatic carbocycles. The summed E-state index contributed by atoms with van der Waals surface area (Å²) in [5.41, 5.74) is -0.716. The topological polar surface area (TPSA) is 98.5 Å². The number of nitrogens with two attached hydrogens (primary N) is 1. The molecule has 0 aromatic heterocycles. The van der Waals surface area contributed by atoms with Gasteiger partial charge in [-0.15, -0.1) is 0 Å². The van der Waals surface area contributed by atoms with Crippen molar-refractivity contribution in [3.63, 3.8) is 0 Å². The molecule has 1 rings (SSSR count). The maximum atomic E-state index is 13.5. The SMILES string of the molecule is COCCCNC(=O)c1cc(S(N)(=O)=O)cc(F)c1F. The van der Waals surface area contributed by atoms with Gasteiger partial charge in [-0.05, 0) is 18.6 Å². The van der Waals surface area contributed by atoms with E-state index in [1.54, 1.807) is 0 Å². The van der Waals surface area contributed by atoms with Gasteiger partial charge in [-0.1, -0.05) is 0 Å². The highest BCUT2D eigenvalue weighted by Crippen LogP contribution is 2.17. The maximum absolute atomic E-state index is 13.5. The molecule has 0 atom stereocenters. The number of rotatable bonds is 6. The summed E-state index contributed by atoms with van der Waals surface area (Å²) < 4.78 is 53.8. The van der Waals surface area contributed by atoms with Gasteiger partial charge in [-0.3, -0.25) is 4.79 Å². The zero-order chi connectivity index (χ0) is 15.3. The lowest BCUT2D eigenvalue weighted by atomic mass is 10.2. The van der Waals surface area contributed by atoms with Gasteiger partial charge in [0, 0.05) is 20.3 Å². The molecule has 0 unspecified atom stereocenters. The molecule has 1 amide bonds. The number of methoxy groups -OCH3 is 1. The molecular weight excluding hydrogens is 294 g/mol. The second-order valence-electron chi connectivity index (χ2n) is 3.91. The Kier molecular flexibility index (Phi) is 5.54. The highest BCUT2D eigenvalue weighted by molar-refractivity contribution is 7.89. The van der Waals surface area contributed by atoms with Crippen LogP contribution >= 0.6 is 0 Å². The summed E-state index contributed by atoms with van der Waals surface area (Å²) in [5.74, 6) is -3.82. The van der Waals surface area contributed by atoms with E-state index in [-0.39, 0.29) is 6.54 Å². The van der Waals surface area contributed by atoms with Gasteiger partial charge in [0.2, 0.25) is 10.0 Å². The number of carbonyl (C=O) groups excluding carboxylic acids is 1. The van der Waals surface area contributed by atoms with Crippen LogP contribution in [0.4, 0.5) is 8.78 Å². The second kappa shape index (κ2) is 6.73. The van der Waals surface area contributed by atoms with Crippen LogP contribution in [0.1, 0.15) is 16.8 Å². The molecule has 0 fully saturated rings. The lowest BCUT2D eigenvalue weighted by Gasteiger charge is -2.08. The Balaban J connectivity index is 2.99. The zero-order valence-electron chi connectivity index (χ0n) is 10.7. The number of benzene rings is 1. The molecule has 0 saturated carbocycles. The zero-order valence-corrected chi connectivity index (χ0v) is 11.5. The standard InChI is InChI=1S/C11H14F2N2O4S/c1-19-4-2-3-15-11(16)8-5-7(20(14,17)18)6-9(12)10(8)13/h5-6H,2-4H2,1H3,(H,15,16)(H2,14,17,18). The number of hydrogen-bond donors (Lipinski definition) is 2. The molecule has 3 N–H and O–H groups in total. The van der Waals surface area contributed by atoms with E-state index in [2.05, 4.69) is 5.32 Å². The van der Waals surface area contributed by atoms with Crippen molar-refractivity contribution in [2.24, 2.45) is 5.14 Å². The van der Waals surface area contributed by atoms with E-state index in [1.807, 2.05) is 0 Å². The molecule has 0 aliphatic rings. The Hall–Kier alpha value is -1.58. The molecule has 0 spiro atoms. The molecule has 9 heteroatoms. The van der Waals surface area contributed by atoms with Crippen LogP contribution in [0.3, 0.4) is 0 Å². The highest BCUT2D eigenvalue weighted by Gasteiger charge is 2.20. The normalized spacial score (nSPS) is 11.4. The van der Waals surface area contributed by atoms with Crippen molar-refractivity contribution in [2.75, 3.05) is 20.3 Å². The van der Waals surface area contributed by atoms with Gasteiger partial charge >= 0.3 is 0 Å². The van der Waals surface area contributed by atoms with E-state index >= 15 is 0 Å². The Bertz CT molecular complexity index is 605. The number of ether oxygens (including phenoxy) is 1. The Morgan fingerprint density at radius 3 is 2.60 bits per heavy atom. The first kappa shape index (κ1) is 16.5. The number of primary sulfonamides is 1. The van der Waals surface area contributed by atoms with E-state index in [9.17, 15) is 22.0 Å². The lowest BCUT2D eigenvalue weighted by molar-refractivity contribution is 0.0943. The lowest BCUT2D eigenvalue weighted by Crippen LogP contribution is -2.27. The van der Waals surface area contributed by atoms with Gasteiger partial charge in [0.1, 0.15) is 0 Å². The third-order valence-corrected chi connectivity index (χ3v) is 3.28. The van der Waals surface area contributed by atoms with Crippen LogP contribution < -0.4 is 10.5 Å². The Labute approximate surface area is 115 Å². The van der Waals surface area contributed by atoms with Crippen molar-refractivity contribution in [2.45, 2.75) is 11.3 Å². The van der Waals surface area contributed by atoms with E-state index in [0.717, 1.165) is 0 Å². The van der Waals surface area contributed by atoms with E-state index < -0.39 is 38.0 Å². The fourth-order valence-corrected chi connectivity index (χ4v) is 1.96. The minimum atomic E-state index is -4.23. The van der Waals surface area contributed by atoms with Crippen molar-refractivity contribution in [1.29, 1.82) is 0 Å². The van der Waals surface area contributed by atoms with Crippen molar-refractivity contribution in [3.05, 3.63) is 29.3 Å². The van der Waals surface area contributed by atoms with Gasteiger partial charge in [0.05, 0.1) is 10.5 Å². The van der Waals surface area contributed by atoms with Gasteiger partial charge < -0.3 is 10.1 Å². The van der Waals surface area contributed by atoms with Crippen molar-refractivity contribution < 1.29 is 26.7 Å². The van der Waals surface area contributed by atoms with Crippen molar-refractivity contribution >= 4 is 15.9 Å². The van der Waals surface area contributed by atoms with Gasteiger partial charge in [-0.2, -0.15) is 0 Å². The molecule has 0 heterocycles. The van der Waals surface area contributed by atoms with Gasteiger partial charge in [0.25, 0.3) is 5.91 Å². The summed E-state index contributed by atoms with van der Waals surface area (Å²) in [5, 5.41) is 7.14. The molecule has 1 aromatic rings. The molecule has 6 nitrogen and oxygen atoms in total. The maximum Gasteiger partial charge on any atom is 0.254 e. The number of nitrogens with one attached hydrogen (secondary N) is 1. The molecule has 20 heavy (non-hydrogen) atoms. The van der Waals surface area contributed by atoms with Crippen LogP contribution in [0.5, 0.6) is 0 Å². The van der Waals surface area contributed by atoms with Crippen LogP contribution in [-0.4, -0.2) is 34.6 Å². The third-order valence-electron chi connectivity index (χ3n) is 2.39. The average Bonchev–Trinajstić information content (AvgIpc) is 2.36. The van der Waals surface area contributed by atoms with E-state index in [0.29, 0.717) is 25.2 Å². The quantitative estimate of drug-likeness (QED) is 0.742. The number of sulfonamides is 1. The highest BCUT2D eigenvalue weighted by atomic mass is 32.2. The minimum absolute atomic E-state index is 0.174. The monoisotopic (exact) mass is 308 g/mol. The summed E-state index contributed by atoms with van der Waals surface area (Å²) in [6.07, 6.45) is 0.473. The first-order valence-electron chi connectivity index (χ1n) is 5.56. The fourth-order valence-electron chi connectivity index (χ4n) is 1.41.